The number of nitrogens with one attached hydrogen (secondary N) is 1. The molecular weight excluding hydrogens is 476 g/mol. The number of amides is 2. The third-order valence-electron chi connectivity index (χ3n) is 6.80. The molecule has 0 unspecified atom stereocenters. The molecule has 1 saturated carbocycles. The Morgan fingerprint density at radius 3 is 2.61 bits per heavy atom. The summed E-state index contributed by atoms with van der Waals surface area (Å²) >= 11 is 0. The van der Waals surface area contributed by atoms with Crippen LogP contribution in [0.2, 0.25) is 0 Å². The zero-order chi connectivity index (χ0) is 26.2. The Balaban J connectivity index is 1.66. The molecule has 2 N–H and O–H groups in total. The molecule has 11 heteroatoms. The predicted octanol–water partition coefficient (Wildman–Crippen LogP) is 2.15. The van der Waals surface area contributed by atoms with Crippen LogP contribution in [0.25, 0.3) is 0 Å². The van der Waals surface area contributed by atoms with E-state index in [1.807, 2.05) is 13.8 Å². The van der Waals surface area contributed by atoms with Crippen molar-refractivity contribution < 1.29 is 33.0 Å². The lowest BCUT2D eigenvalue weighted by Gasteiger charge is -2.55. The maximum Gasteiger partial charge on any atom is 0.274 e. The number of carbonyl (C=O) groups excluding carboxylic acids is 2. The van der Waals surface area contributed by atoms with Gasteiger partial charge in [0.2, 0.25) is 5.43 Å². The first-order valence-electron chi connectivity index (χ1n) is 11.7. The van der Waals surface area contributed by atoms with Gasteiger partial charge < -0.3 is 29.4 Å². The highest BCUT2D eigenvalue weighted by atomic mass is 19.1. The van der Waals surface area contributed by atoms with E-state index in [9.17, 15) is 28.3 Å². The van der Waals surface area contributed by atoms with E-state index in [0.29, 0.717) is 38.7 Å². The van der Waals surface area contributed by atoms with Gasteiger partial charge in [0.1, 0.15) is 17.2 Å². The summed E-state index contributed by atoms with van der Waals surface area (Å²) in [6.45, 7) is 4.55. The molecule has 1 aliphatic carbocycles. The molecule has 0 saturated heterocycles. The molecule has 2 amide bonds. The van der Waals surface area contributed by atoms with Crippen molar-refractivity contribution >= 4 is 11.8 Å². The van der Waals surface area contributed by atoms with E-state index in [2.05, 4.69) is 5.32 Å². The standard InChI is InChI=1S/C25H29F2N3O6/c1-14(2)29-13-25(9-17(10-25)36-7-6-35-3)30-12-18(21(31)22(32)20(30)24(29)34)23(33)28-11-15-4-5-16(26)8-19(15)27/h4-5,8,12,14,17,32H,6-7,9-11,13H2,1-3H3,(H,28,33). The average Bonchev–Trinajstić information content (AvgIpc) is 2.80. The number of hydrogen-bond acceptors (Lipinski definition) is 6. The molecule has 2 aromatic rings. The summed E-state index contributed by atoms with van der Waals surface area (Å²) in [5, 5.41) is 13.2. The predicted molar refractivity (Wildman–Crippen MR) is 125 cm³/mol. The van der Waals surface area contributed by atoms with E-state index in [-0.39, 0.29) is 35.5 Å². The van der Waals surface area contributed by atoms with Crippen LogP contribution in [0.15, 0.2) is 29.2 Å². The lowest BCUT2D eigenvalue weighted by Crippen LogP contribution is -2.63. The first-order valence-corrected chi connectivity index (χ1v) is 11.7. The molecule has 2 aliphatic rings. The van der Waals surface area contributed by atoms with E-state index in [1.54, 1.807) is 12.0 Å². The van der Waals surface area contributed by atoms with Gasteiger partial charge in [-0.15, -0.1) is 0 Å². The lowest BCUT2D eigenvalue weighted by atomic mass is 9.71. The van der Waals surface area contributed by atoms with E-state index in [1.165, 1.54) is 16.8 Å². The van der Waals surface area contributed by atoms with Gasteiger partial charge in [-0.3, -0.25) is 14.4 Å². The van der Waals surface area contributed by atoms with Crippen molar-refractivity contribution in [2.75, 3.05) is 26.9 Å². The fourth-order valence-electron chi connectivity index (χ4n) is 4.83. The minimum absolute atomic E-state index is 0.0290. The first kappa shape index (κ1) is 25.8. The van der Waals surface area contributed by atoms with E-state index in [4.69, 9.17) is 9.47 Å². The Bertz CT molecular complexity index is 1240. The number of benzene rings is 1. The number of methoxy groups -OCH3 is 1. The molecule has 0 radical (unpaired) electrons. The molecule has 1 fully saturated rings. The SMILES string of the molecule is COCCOC1CC2(C1)CN(C(C)C)C(=O)c1c(O)c(=O)c(C(=O)NCc3ccc(F)cc3F)cn12. The monoisotopic (exact) mass is 505 g/mol. The van der Waals surface area contributed by atoms with Crippen LogP contribution in [0.4, 0.5) is 8.78 Å². The van der Waals surface area contributed by atoms with E-state index in [0.717, 1.165) is 6.07 Å². The highest BCUT2D eigenvalue weighted by molar-refractivity contribution is 5.99. The largest absolute Gasteiger partial charge is 0.503 e. The fourth-order valence-corrected chi connectivity index (χ4v) is 4.83. The molecule has 36 heavy (non-hydrogen) atoms. The van der Waals surface area contributed by atoms with Crippen molar-refractivity contribution in [3.05, 3.63) is 63.1 Å². The molecule has 1 aliphatic heterocycles. The summed E-state index contributed by atoms with van der Waals surface area (Å²) in [6, 6.07) is 2.76. The highest BCUT2D eigenvalue weighted by Crippen LogP contribution is 2.46. The van der Waals surface area contributed by atoms with Crippen molar-refractivity contribution in [3.8, 4) is 5.75 Å². The second-order valence-corrected chi connectivity index (χ2v) is 9.50. The summed E-state index contributed by atoms with van der Waals surface area (Å²) in [7, 11) is 1.57. The Hall–Kier alpha value is -3.31. The third-order valence-corrected chi connectivity index (χ3v) is 6.80. The normalized spacial score (nSPS) is 21.0. The van der Waals surface area contributed by atoms with Crippen molar-refractivity contribution in [1.82, 2.24) is 14.8 Å². The van der Waals surface area contributed by atoms with Gasteiger partial charge in [-0.2, -0.15) is 0 Å². The van der Waals surface area contributed by atoms with Gasteiger partial charge in [0, 0.05) is 44.1 Å². The Kier molecular flexibility index (Phi) is 7.14. The highest BCUT2D eigenvalue weighted by Gasteiger charge is 2.53. The van der Waals surface area contributed by atoms with Crippen LogP contribution < -0.4 is 10.7 Å². The first-order chi connectivity index (χ1) is 17.1. The Morgan fingerprint density at radius 1 is 1.25 bits per heavy atom. The van der Waals surface area contributed by atoms with Gasteiger partial charge in [-0.1, -0.05) is 6.07 Å². The topological polar surface area (TPSA) is 110 Å². The lowest BCUT2D eigenvalue weighted by molar-refractivity contribution is -0.0984. The molecular formula is C25H29F2N3O6. The smallest absolute Gasteiger partial charge is 0.274 e. The summed E-state index contributed by atoms with van der Waals surface area (Å²) in [5.74, 6) is -3.76. The van der Waals surface area contributed by atoms with Gasteiger partial charge in [-0.05, 0) is 32.8 Å². The summed E-state index contributed by atoms with van der Waals surface area (Å²) < 4.78 is 39.5. The van der Waals surface area contributed by atoms with Crippen molar-refractivity contribution in [2.24, 2.45) is 0 Å². The number of fused-ring (bicyclic) bond motifs is 2. The number of hydrogen-bond donors (Lipinski definition) is 2. The quantitative estimate of drug-likeness (QED) is 0.532. The zero-order valence-electron chi connectivity index (χ0n) is 20.3. The maximum absolute atomic E-state index is 14.0. The molecule has 2 heterocycles. The number of carbonyl (C=O) groups is 2. The van der Waals surface area contributed by atoms with Gasteiger partial charge in [0.05, 0.1) is 24.9 Å². The van der Waals surface area contributed by atoms with Crippen LogP contribution in [0, 0.1) is 11.6 Å². The van der Waals surface area contributed by atoms with Crippen molar-refractivity contribution in [3.63, 3.8) is 0 Å². The van der Waals surface area contributed by atoms with Gasteiger partial charge in [0.15, 0.2) is 11.4 Å². The molecule has 194 valence electrons. The number of halogens is 2. The zero-order valence-corrected chi connectivity index (χ0v) is 20.3. The minimum atomic E-state index is -1.00. The Morgan fingerprint density at radius 2 is 1.97 bits per heavy atom. The van der Waals surface area contributed by atoms with Crippen molar-refractivity contribution in [2.45, 2.75) is 50.9 Å². The molecule has 1 aromatic heterocycles. The number of rotatable bonds is 8. The average molecular weight is 506 g/mol. The minimum Gasteiger partial charge on any atom is -0.503 e. The second kappa shape index (κ2) is 9.98. The van der Waals surface area contributed by atoms with E-state index >= 15 is 0 Å². The number of ether oxygens (including phenoxy) is 2. The fraction of sp³-hybridized carbons (Fsp3) is 0.480. The number of nitrogens with zero attached hydrogens (tertiary/aromatic N) is 2. The van der Waals surface area contributed by atoms with Crippen LogP contribution in [-0.2, 0) is 21.6 Å². The number of pyridine rings is 1. The van der Waals surface area contributed by atoms with Gasteiger partial charge >= 0.3 is 0 Å². The Labute approximate surface area is 206 Å². The summed E-state index contributed by atoms with van der Waals surface area (Å²) in [5.41, 5.74) is -2.20. The maximum atomic E-state index is 14.0. The van der Waals surface area contributed by atoms with E-state index < -0.39 is 40.2 Å². The second-order valence-electron chi connectivity index (χ2n) is 9.50. The molecule has 4 rings (SSSR count). The van der Waals surface area contributed by atoms with Crippen molar-refractivity contribution in [1.29, 1.82) is 0 Å². The number of aromatic nitrogens is 1. The van der Waals surface area contributed by atoms with Crippen LogP contribution in [0.5, 0.6) is 5.75 Å². The van der Waals surface area contributed by atoms with Crippen LogP contribution in [0.3, 0.4) is 0 Å². The molecule has 0 bridgehead atoms. The van der Waals surface area contributed by atoms with Crippen LogP contribution >= 0.6 is 0 Å². The molecule has 9 nitrogen and oxygen atoms in total. The molecule has 0 atom stereocenters. The third kappa shape index (κ3) is 4.60. The van der Waals surface area contributed by atoms with Gasteiger partial charge in [0.25, 0.3) is 11.8 Å². The molecule has 1 aromatic carbocycles. The van der Waals surface area contributed by atoms with Crippen LogP contribution in [0.1, 0.15) is 53.1 Å². The van der Waals surface area contributed by atoms with Gasteiger partial charge in [-0.25, -0.2) is 8.78 Å². The summed E-state index contributed by atoms with van der Waals surface area (Å²) in [6.07, 6.45) is 2.18. The number of aromatic hydroxyl groups is 1. The summed E-state index contributed by atoms with van der Waals surface area (Å²) in [4.78, 5) is 40.6. The van der Waals surface area contributed by atoms with Crippen LogP contribution in [-0.4, -0.2) is 65.4 Å². The molecule has 1 spiro atoms.